The molecule has 4 rings (SSSR count). The number of nitrogens with zero attached hydrogens (tertiary/aromatic N) is 3. The van der Waals surface area contributed by atoms with E-state index >= 15 is 0 Å². The van der Waals surface area contributed by atoms with E-state index in [0.29, 0.717) is 19.1 Å². The van der Waals surface area contributed by atoms with E-state index in [1.54, 1.807) is 17.7 Å². The molecule has 27 heavy (non-hydrogen) atoms. The number of hydrogen-bond acceptors (Lipinski definition) is 6. The first-order valence-corrected chi connectivity index (χ1v) is 10.7. The molecule has 0 fully saturated rings. The predicted octanol–water partition coefficient (Wildman–Crippen LogP) is 5.44. The normalized spacial score (nSPS) is 16.0. The molecule has 3 aromatic rings. The second-order valence-electron chi connectivity index (χ2n) is 7.89. The first kappa shape index (κ1) is 18.6. The summed E-state index contributed by atoms with van der Waals surface area (Å²) >= 11 is 1.63. The molecule has 0 radical (unpaired) electrons. The summed E-state index contributed by atoms with van der Waals surface area (Å²) in [5.41, 5.74) is 3.08. The summed E-state index contributed by atoms with van der Waals surface area (Å²) in [7, 11) is 0. The maximum atomic E-state index is 5.99. The zero-order chi connectivity index (χ0) is 18.9. The van der Waals surface area contributed by atoms with E-state index < -0.39 is 0 Å². The van der Waals surface area contributed by atoms with Gasteiger partial charge in [0.2, 0.25) is 5.88 Å². The summed E-state index contributed by atoms with van der Waals surface area (Å²) < 4.78 is 12.9. The first-order valence-electron chi connectivity index (χ1n) is 9.90. The highest BCUT2D eigenvalue weighted by Crippen LogP contribution is 2.38. The van der Waals surface area contributed by atoms with E-state index in [1.165, 1.54) is 31.2 Å². The summed E-state index contributed by atoms with van der Waals surface area (Å²) in [5, 5.41) is 1.08. The van der Waals surface area contributed by atoms with Crippen molar-refractivity contribution in [3.63, 3.8) is 0 Å². The first-order chi connectivity index (χ1) is 13.1. The molecule has 4 heterocycles. The molecule has 5 nitrogen and oxygen atoms in total. The fourth-order valence-electron chi connectivity index (χ4n) is 3.54. The van der Waals surface area contributed by atoms with Crippen LogP contribution >= 0.6 is 11.3 Å². The van der Waals surface area contributed by atoms with Gasteiger partial charge in [0.1, 0.15) is 15.9 Å². The third kappa shape index (κ3) is 3.92. The van der Waals surface area contributed by atoms with E-state index in [9.17, 15) is 0 Å². The van der Waals surface area contributed by atoms with Crippen LogP contribution in [0, 0.1) is 0 Å². The summed E-state index contributed by atoms with van der Waals surface area (Å²) in [6, 6.07) is 2.19. The van der Waals surface area contributed by atoms with E-state index in [4.69, 9.17) is 14.5 Å². The largest absolute Gasteiger partial charge is 0.477 e. The number of fused-ring (bicyclic) bond motifs is 4. The Bertz CT molecular complexity index is 951. The van der Waals surface area contributed by atoms with Crippen molar-refractivity contribution in [1.82, 2.24) is 15.0 Å². The van der Waals surface area contributed by atoms with Crippen molar-refractivity contribution >= 4 is 31.8 Å². The topological polar surface area (TPSA) is 57.1 Å². The number of thiophene rings is 1. The zero-order valence-corrected chi connectivity index (χ0v) is 17.2. The molecule has 144 valence electrons. The molecular weight excluding hydrogens is 358 g/mol. The van der Waals surface area contributed by atoms with E-state index in [-0.39, 0.29) is 5.60 Å². The Labute approximate surface area is 164 Å². The second kappa shape index (κ2) is 7.68. The lowest BCUT2D eigenvalue weighted by atomic mass is 9.95. The Kier molecular flexibility index (Phi) is 5.28. The monoisotopic (exact) mass is 385 g/mol. The van der Waals surface area contributed by atoms with E-state index in [2.05, 4.69) is 36.8 Å². The van der Waals surface area contributed by atoms with Crippen molar-refractivity contribution in [2.75, 3.05) is 6.61 Å². The Morgan fingerprint density at radius 3 is 2.89 bits per heavy atom. The van der Waals surface area contributed by atoms with Gasteiger partial charge >= 0.3 is 0 Å². The van der Waals surface area contributed by atoms with Gasteiger partial charge in [-0.3, -0.25) is 0 Å². The summed E-state index contributed by atoms with van der Waals surface area (Å²) in [6.45, 7) is 7.77. The SMILES string of the molecule is CCCCCCCOc1ncnc2c1sc1nc3c(cc12)COC(C)(C)C3. The van der Waals surface area contributed by atoms with Gasteiger partial charge in [0.25, 0.3) is 0 Å². The Hall–Kier alpha value is -1.79. The van der Waals surface area contributed by atoms with Crippen LogP contribution in [0.5, 0.6) is 5.88 Å². The van der Waals surface area contributed by atoms with Crippen LogP contribution in [0.15, 0.2) is 12.4 Å². The molecule has 0 aromatic carbocycles. The Morgan fingerprint density at radius 2 is 2.04 bits per heavy atom. The van der Waals surface area contributed by atoms with Crippen molar-refractivity contribution in [2.45, 2.75) is 71.5 Å². The highest BCUT2D eigenvalue weighted by atomic mass is 32.1. The number of ether oxygens (including phenoxy) is 2. The van der Waals surface area contributed by atoms with Crippen LogP contribution in [-0.4, -0.2) is 27.2 Å². The van der Waals surface area contributed by atoms with Crippen LogP contribution in [-0.2, 0) is 17.8 Å². The van der Waals surface area contributed by atoms with Gasteiger partial charge in [0, 0.05) is 17.4 Å². The molecule has 0 saturated carbocycles. The average Bonchev–Trinajstić information content (AvgIpc) is 3.00. The average molecular weight is 386 g/mol. The molecule has 0 bridgehead atoms. The maximum Gasteiger partial charge on any atom is 0.234 e. The number of hydrogen-bond donors (Lipinski definition) is 0. The standard InChI is InChI=1S/C21H27N3O2S/c1-4-5-6-7-8-9-25-19-18-17(22-13-23-19)15-10-14-12-26-21(2,3)11-16(14)24-20(15)27-18/h10,13H,4-9,11-12H2,1-3H3. The van der Waals surface area contributed by atoms with Gasteiger partial charge in [-0.25, -0.2) is 15.0 Å². The van der Waals surface area contributed by atoms with Crippen molar-refractivity contribution < 1.29 is 9.47 Å². The number of rotatable bonds is 7. The van der Waals surface area contributed by atoms with Crippen LogP contribution < -0.4 is 4.74 Å². The van der Waals surface area contributed by atoms with Crippen LogP contribution in [0.25, 0.3) is 20.4 Å². The number of aromatic nitrogens is 3. The number of pyridine rings is 1. The van der Waals surface area contributed by atoms with Gasteiger partial charge in [-0.15, -0.1) is 11.3 Å². The molecule has 0 atom stereocenters. The molecule has 0 N–H and O–H groups in total. The fourth-order valence-corrected chi connectivity index (χ4v) is 4.62. The third-order valence-electron chi connectivity index (χ3n) is 5.08. The summed E-state index contributed by atoms with van der Waals surface area (Å²) in [6.07, 6.45) is 8.53. The minimum Gasteiger partial charge on any atom is -0.477 e. The number of unbranched alkanes of at least 4 members (excludes halogenated alkanes) is 4. The highest BCUT2D eigenvalue weighted by molar-refractivity contribution is 7.25. The molecule has 0 saturated heterocycles. The van der Waals surface area contributed by atoms with Gasteiger partial charge in [-0.2, -0.15) is 0 Å². The fraction of sp³-hybridized carbons (Fsp3) is 0.571. The molecule has 0 unspecified atom stereocenters. The van der Waals surface area contributed by atoms with Gasteiger partial charge < -0.3 is 9.47 Å². The molecule has 1 aliphatic rings. The van der Waals surface area contributed by atoms with E-state index in [1.807, 2.05) is 0 Å². The smallest absolute Gasteiger partial charge is 0.234 e. The lowest BCUT2D eigenvalue weighted by Gasteiger charge is -2.30. The van der Waals surface area contributed by atoms with Crippen molar-refractivity contribution in [1.29, 1.82) is 0 Å². The van der Waals surface area contributed by atoms with Crippen LogP contribution in [0.1, 0.15) is 64.1 Å². The Balaban J connectivity index is 1.60. The minimum absolute atomic E-state index is 0.157. The van der Waals surface area contributed by atoms with Crippen LogP contribution in [0.3, 0.4) is 0 Å². The van der Waals surface area contributed by atoms with Crippen LogP contribution in [0.2, 0.25) is 0 Å². The molecule has 3 aromatic heterocycles. The van der Waals surface area contributed by atoms with E-state index in [0.717, 1.165) is 39.0 Å². The van der Waals surface area contributed by atoms with Crippen LogP contribution in [0.4, 0.5) is 0 Å². The second-order valence-corrected chi connectivity index (χ2v) is 8.89. The molecule has 0 spiro atoms. The summed E-state index contributed by atoms with van der Waals surface area (Å²) in [5.74, 6) is 0.688. The lowest BCUT2D eigenvalue weighted by molar-refractivity contribution is -0.0411. The quantitative estimate of drug-likeness (QED) is 0.507. The Morgan fingerprint density at radius 1 is 1.19 bits per heavy atom. The van der Waals surface area contributed by atoms with Crippen molar-refractivity contribution in [3.8, 4) is 5.88 Å². The van der Waals surface area contributed by atoms with Gasteiger partial charge in [-0.05, 0) is 26.3 Å². The molecule has 6 heteroatoms. The molecule has 0 amide bonds. The molecule has 1 aliphatic heterocycles. The summed E-state index contributed by atoms with van der Waals surface area (Å²) in [4.78, 5) is 14.8. The zero-order valence-electron chi connectivity index (χ0n) is 16.4. The maximum absolute atomic E-state index is 5.99. The molecular formula is C21H27N3O2S. The van der Waals surface area contributed by atoms with Gasteiger partial charge in [0.05, 0.1) is 30.0 Å². The minimum atomic E-state index is -0.157. The van der Waals surface area contributed by atoms with Gasteiger partial charge in [-0.1, -0.05) is 32.6 Å². The van der Waals surface area contributed by atoms with Gasteiger partial charge in [0.15, 0.2) is 0 Å². The van der Waals surface area contributed by atoms with Crippen molar-refractivity contribution in [2.24, 2.45) is 0 Å². The highest BCUT2D eigenvalue weighted by Gasteiger charge is 2.28. The molecule has 0 aliphatic carbocycles. The lowest BCUT2D eigenvalue weighted by Crippen LogP contribution is -2.32. The predicted molar refractivity (Wildman–Crippen MR) is 110 cm³/mol. The third-order valence-corrected chi connectivity index (χ3v) is 6.16. The van der Waals surface area contributed by atoms with Crippen molar-refractivity contribution in [3.05, 3.63) is 23.7 Å².